The SMILES string of the molecule is C=CCNC(=O)c1ccccc1NC(=O)C(=O)NCc1ccc(OC)cc1. The van der Waals surface area contributed by atoms with Crippen LogP contribution in [-0.2, 0) is 16.1 Å². The molecule has 0 saturated carbocycles. The van der Waals surface area contributed by atoms with E-state index in [1.807, 2.05) is 0 Å². The predicted octanol–water partition coefficient (Wildman–Crippen LogP) is 1.87. The highest BCUT2D eigenvalue weighted by Gasteiger charge is 2.17. The Labute approximate surface area is 157 Å². The number of carbonyl (C=O) groups excluding carboxylic acids is 3. The quantitative estimate of drug-likeness (QED) is 0.514. The third-order valence-corrected chi connectivity index (χ3v) is 3.65. The van der Waals surface area contributed by atoms with Crippen LogP contribution in [0.2, 0.25) is 0 Å². The van der Waals surface area contributed by atoms with Gasteiger partial charge >= 0.3 is 11.8 Å². The minimum Gasteiger partial charge on any atom is -0.497 e. The molecule has 0 saturated heterocycles. The molecule has 0 heterocycles. The second-order valence-corrected chi connectivity index (χ2v) is 5.53. The maximum atomic E-state index is 12.1. The molecule has 3 amide bonds. The summed E-state index contributed by atoms with van der Waals surface area (Å²) < 4.78 is 5.06. The lowest BCUT2D eigenvalue weighted by Crippen LogP contribution is -2.35. The number of ether oxygens (including phenoxy) is 1. The Bertz CT molecular complexity index is 831. The number of hydrogen-bond donors (Lipinski definition) is 3. The lowest BCUT2D eigenvalue weighted by Gasteiger charge is -2.11. The maximum Gasteiger partial charge on any atom is 0.313 e. The summed E-state index contributed by atoms with van der Waals surface area (Å²) in [5.41, 5.74) is 1.33. The minimum atomic E-state index is -0.854. The third kappa shape index (κ3) is 5.71. The molecule has 0 radical (unpaired) electrons. The average molecular weight is 367 g/mol. The zero-order valence-corrected chi connectivity index (χ0v) is 15.0. The molecule has 2 aromatic carbocycles. The van der Waals surface area contributed by atoms with Gasteiger partial charge in [0, 0.05) is 13.1 Å². The highest BCUT2D eigenvalue weighted by Crippen LogP contribution is 2.15. The summed E-state index contributed by atoms with van der Waals surface area (Å²) in [5, 5.41) is 7.63. The van der Waals surface area contributed by atoms with Gasteiger partial charge in [0.2, 0.25) is 0 Å². The van der Waals surface area contributed by atoms with E-state index < -0.39 is 11.8 Å². The number of benzene rings is 2. The zero-order chi connectivity index (χ0) is 19.6. The van der Waals surface area contributed by atoms with Crippen LogP contribution in [0.4, 0.5) is 5.69 Å². The van der Waals surface area contributed by atoms with Gasteiger partial charge in [-0.3, -0.25) is 14.4 Å². The van der Waals surface area contributed by atoms with Crippen molar-refractivity contribution in [2.24, 2.45) is 0 Å². The van der Waals surface area contributed by atoms with Gasteiger partial charge in [0.05, 0.1) is 18.4 Å². The van der Waals surface area contributed by atoms with Gasteiger partial charge in [0.25, 0.3) is 5.91 Å². The van der Waals surface area contributed by atoms with Gasteiger partial charge < -0.3 is 20.7 Å². The van der Waals surface area contributed by atoms with Crippen LogP contribution in [0.15, 0.2) is 61.2 Å². The molecular weight excluding hydrogens is 346 g/mol. The van der Waals surface area contributed by atoms with Crippen molar-refractivity contribution in [3.8, 4) is 5.75 Å². The normalized spacial score (nSPS) is 9.81. The number of rotatable bonds is 7. The van der Waals surface area contributed by atoms with Gasteiger partial charge in [-0.25, -0.2) is 0 Å². The summed E-state index contributed by atoms with van der Waals surface area (Å²) >= 11 is 0. The van der Waals surface area contributed by atoms with Gasteiger partial charge in [-0.2, -0.15) is 0 Å². The van der Waals surface area contributed by atoms with Crippen LogP contribution in [0.5, 0.6) is 5.75 Å². The van der Waals surface area contributed by atoms with Crippen molar-refractivity contribution in [3.63, 3.8) is 0 Å². The van der Waals surface area contributed by atoms with Crippen molar-refractivity contribution < 1.29 is 19.1 Å². The van der Waals surface area contributed by atoms with Crippen molar-refractivity contribution in [2.75, 3.05) is 19.0 Å². The topological polar surface area (TPSA) is 96.5 Å². The van der Waals surface area contributed by atoms with Crippen LogP contribution in [0.25, 0.3) is 0 Å². The van der Waals surface area contributed by atoms with Gasteiger partial charge in [-0.05, 0) is 29.8 Å². The molecule has 7 nitrogen and oxygen atoms in total. The Morgan fingerprint density at radius 2 is 1.70 bits per heavy atom. The molecule has 0 aliphatic carbocycles. The van der Waals surface area contributed by atoms with E-state index in [1.165, 1.54) is 0 Å². The Kier molecular flexibility index (Phi) is 7.13. The fraction of sp³-hybridized carbons (Fsp3) is 0.150. The molecule has 0 aromatic heterocycles. The lowest BCUT2D eigenvalue weighted by atomic mass is 10.1. The highest BCUT2D eigenvalue weighted by atomic mass is 16.5. The van der Waals surface area contributed by atoms with Gasteiger partial charge in [-0.15, -0.1) is 6.58 Å². The Morgan fingerprint density at radius 1 is 1.00 bits per heavy atom. The Balaban J connectivity index is 1.96. The molecule has 7 heteroatoms. The van der Waals surface area contributed by atoms with Gasteiger partial charge in [0.1, 0.15) is 5.75 Å². The van der Waals surface area contributed by atoms with Crippen LogP contribution in [-0.4, -0.2) is 31.4 Å². The first-order chi connectivity index (χ1) is 13.0. The Morgan fingerprint density at radius 3 is 2.37 bits per heavy atom. The summed E-state index contributed by atoms with van der Waals surface area (Å²) in [4.78, 5) is 36.3. The molecule has 0 unspecified atom stereocenters. The van der Waals surface area contributed by atoms with E-state index in [0.29, 0.717) is 12.3 Å². The number of para-hydroxylation sites is 1. The molecule has 0 atom stereocenters. The van der Waals surface area contributed by atoms with E-state index in [-0.39, 0.29) is 23.7 Å². The van der Waals surface area contributed by atoms with Crippen LogP contribution in [0.1, 0.15) is 15.9 Å². The minimum absolute atomic E-state index is 0.192. The first kappa shape index (κ1) is 19.7. The van der Waals surface area contributed by atoms with E-state index in [2.05, 4.69) is 22.5 Å². The molecule has 0 fully saturated rings. The summed E-state index contributed by atoms with van der Waals surface area (Å²) in [6, 6.07) is 13.5. The first-order valence-electron chi connectivity index (χ1n) is 8.25. The van der Waals surface area contributed by atoms with E-state index in [9.17, 15) is 14.4 Å². The predicted molar refractivity (Wildman–Crippen MR) is 102 cm³/mol. The first-order valence-corrected chi connectivity index (χ1v) is 8.25. The van der Waals surface area contributed by atoms with E-state index in [1.54, 1.807) is 61.7 Å². The van der Waals surface area contributed by atoms with E-state index in [4.69, 9.17) is 4.74 Å². The lowest BCUT2D eigenvalue weighted by molar-refractivity contribution is -0.136. The smallest absolute Gasteiger partial charge is 0.313 e. The zero-order valence-electron chi connectivity index (χ0n) is 15.0. The fourth-order valence-electron chi connectivity index (χ4n) is 2.24. The second kappa shape index (κ2) is 9.76. The monoisotopic (exact) mass is 367 g/mol. The average Bonchev–Trinajstić information content (AvgIpc) is 2.70. The molecule has 140 valence electrons. The molecule has 0 aliphatic heterocycles. The van der Waals surface area contributed by atoms with E-state index in [0.717, 1.165) is 5.56 Å². The Hall–Kier alpha value is -3.61. The number of hydrogen-bond acceptors (Lipinski definition) is 4. The van der Waals surface area contributed by atoms with Crippen LogP contribution in [0.3, 0.4) is 0 Å². The van der Waals surface area contributed by atoms with E-state index >= 15 is 0 Å². The number of carbonyl (C=O) groups is 3. The summed E-state index contributed by atoms with van der Waals surface area (Å²) in [6.45, 7) is 4.02. The fourth-order valence-corrected chi connectivity index (χ4v) is 2.24. The van der Waals surface area contributed by atoms with Crippen molar-refractivity contribution in [1.29, 1.82) is 0 Å². The summed E-state index contributed by atoms with van der Waals surface area (Å²) in [5.74, 6) is -1.32. The largest absolute Gasteiger partial charge is 0.497 e. The molecule has 0 bridgehead atoms. The summed E-state index contributed by atoms with van der Waals surface area (Å²) in [7, 11) is 1.57. The van der Waals surface area contributed by atoms with Crippen molar-refractivity contribution >= 4 is 23.4 Å². The molecule has 0 aliphatic rings. The number of amides is 3. The standard InChI is InChI=1S/C20H21N3O4/c1-3-12-21-18(24)16-6-4-5-7-17(16)23-20(26)19(25)22-13-14-8-10-15(27-2)11-9-14/h3-11H,1,12-13H2,2H3,(H,21,24)(H,22,25)(H,23,26). The molecule has 0 spiro atoms. The number of anilines is 1. The number of nitrogens with one attached hydrogen (secondary N) is 3. The molecule has 2 aromatic rings. The molecule has 2 rings (SSSR count). The highest BCUT2D eigenvalue weighted by molar-refractivity contribution is 6.40. The third-order valence-electron chi connectivity index (χ3n) is 3.65. The van der Waals surface area contributed by atoms with Crippen LogP contribution >= 0.6 is 0 Å². The van der Waals surface area contributed by atoms with Crippen LogP contribution < -0.4 is 20.7 Å². The molecule has 3 N–H and O–H groups in total. The summed E-state index contributed by atoms with van der Waals surface area (Å²) in [6.07, 6.45) is 1.55. The maximum absolute atomic E-state index is 12.1. The van der Waals surface area contributed by atoms with Crippen LogP contribution in [0, 0.1) is 0 Å². The number of methoxy groups -OCH3 is 1. The van der Waals surface area contributed by atoms with Gasteiger partial charge in [0.15, 0.2) is 0 Å². The van der Waals surface area contributed by atoms with Crippen molar-refractivity contribution in [3.05, 3.63) is 72.3 Å². The van der Waals surface area contributed by atoms with Crippen molar-refractivity contribution in [2.45, 2.75) is 6.54 Å². The van der Waals surface area contributed by atoms with Gasteiger partial charge in [-0.1, -0.05) is 30.3 Å². The second-order valence-electron chi connectivity index (χ2n) is 5.53. The molecule has 27 heavy (non-hydrogen) atoms. The molecular formula is C20H21N3O4. The van der Waals surface area contributed by atoms with Crippen molar-refractivity contribution in [1.82, 2.24) is 10.6 Å².